The summed E-state index contributed by atoms with van der Waals surface area (Å²) in [5.74, 6) is -3.55. The smallest absolute Gasteiger partial charge is 0.313 e. The minimum Gasteiger partial charge on any atom is -0.455 e. The summed E-state index contributed by atoms with van der Waals surface area (Å²) in [6.07, 6.45) is 3.62. The van der Waals surface area contributed by atoms with Crippen molar-refractivity contribution < 1.29 is 33.8 Å². The SMILES string of the molecule is C=CCCC(=O)N[C@@H](C)[C@H](OC(=O)[C@@H]1[C@@H]2CC[C@]3(O2)[C@H](C(=O)N(CC=C)c2ccccc2Cl)N(CCCO)C(=O)[C@@H]13)c1ccccc1. The number of carbonyl (C=O) groups is 4. The van der Waals surface area contributed by atoms with Crippen molar-refractivity contribution in [2.24, 2.45) is 11.8 Å². The third-order valence-corrected chi connectivity index (χ3v) is 9.69. The molecule has 3 heterocycles. The number of hydrogen-bond acceptors (Lipinski definition) is 7. The maximum Gasteiger partial charge on any atom is 0.313 e. The van der Waals surface area contributed by atoms with Gasteiger partial charge in [-0.3, -0.25) is 19.2 Å². The van der Waals surface area contributed by atoms with Gasteiger partial charge in [0.1, 0.15) is 17.7 Å². The van der Waals surface area contributed by atoms with Crippen molar-refractivity contribution >= 4 is 41.0 Å². The third-order valence-electron chi connectivity index (χ3n) is 9.37. The summed E-state index contributed by atoms with van der Waals surface area (Å²) >= 11 is 6.52. The van der Waals surface area contributed by atoms with E-state index < -0.39 is 53.6 Å². The predicted octanol–water partition coefficient (Wildman–Crippen LogP) is 4.37. The molecule has 0 aromatic heterocycles. The molecule has 5 rings (SSSR count). The molecule has 3 aliphatic heterocycles. The lowest BCUT2D eigenvalue weighted by atomic mass is 9.70. The highest BCUT2D eigenvalue weighted by molar-refractivity contribution is 6.34. The fourth-order valence-corrected chi connectivity index (χ4v) is 7.61. The van der Waals surface area contributed by atoms with E-state index in [1.54, 1.807) is 43.3 Å². The summed E-state index contributed by atoms with van der Waals surface area (Å²) in [5.41, 5.74) is -0.121. The Kier molecular flexibility index (Phi) is 10.8. The van der Waals surface area contributed by atoms with Gasteiger partial charge in [-0.2, -0.15) is 0 Å². The number of allylic oxidation sites excluding steroid dienone is 1. The van der Waals surface area contributed by atoms with Crippen LogP contribution in [-0.4, -0.2) is 77.2 Å². The maximum absolute atomic E-state index is 14.6. The number of para-hydroxylation sites is 1. The summed E-state index contributed by atoms with van der Waals surface area (Å²) in [5, 5.41) is 13.0. The van der Waals surface area contributed by atoms with Crippen LogP contribution in [0.4, 0.5) is 5.69 Å². The fourth-order valence-electron chi connectivity index (χ4n) is 7.38. The molecular weight excluding hydrogens is 622 g/mol. The molecule has 2 aromatic carbocycles. The zero-order valence-electron chi connectivity index (χ0n) is 26.6. The van der Waals surface area contributed by atoms with Gasteiger partial charge in [0.05, 0.1) is 34.7 Å². The van der Waals surface area contributed by atoms with Gasteiger partial charge < -0.3 is 29.7 Å². The molecule has 11 heteroatoms. The van der Waals surface area contributed by atoms with Crippen LogP contribution in [0.5, 0.6) is 0 Å². The zero-order chi connectivity index (χ0) is 33.7. The lowest BCUT2D eigenvalue weighted by molar-refractivity contribution is -0.162. The van der Waals surface area contributed by atoms with E-state index >= 15 is 0 Å². The number of esters is 1. The largest absolute Gasteiger partial charge is 0.455 e. The van der Waals surface area contributed by atoms with E-state index in [9.17, 15) is 24.3 Å². The number of fused-ring (bicyclic) bond motifs is 1. The number of hydrogen-bond donors (Lipinski definition) is 2. The van der Waals surface area contributed by atoms with Gasteiger partial charge >= 0.3 is 5.97 Å². The molecule has 2 bridgehead atoms. The molecule has 2 N–H and O–H groups in total. The quantitative estimate of drug-likeness (QED) is 0.214. The second-order valence-electron chi connectivity index (χ2n) is 12.3. The lowest BCUT2D eigenvalue weighted by Crippen LogP contribution is -2.56. The van der Waals surface area contributed by atoms with Crippen molar-refractivity contribution in [2.75, 3.05) is 24.6 Å². The van der Waals surface area contributed by atoms with Crippen LogP contribution in [0.1, 0.15) is 50.7 Å². The number of aliphatic hydroxyl groups is 1. The number of anilines is 1. The standard InChI is InChI=1S/C36H42ClN3O7/c1-4-6-17-28(42)38-23(3)31(24-13-8-7-9-14-24)46-35(45)29-27-18-19-36(47-27)30(29)33(43)40(21-12-22-41)32(36)34(44)39(20-5-2)26-16-11-10-15-25(26)37/h4-5,7-11,13-16,23,27,29-32,41H,1-2,6,12,17-22H2,3H3,(H,38,42)/t23-,27-,29+,30+,31-,32-,36+/m0/s1. The van der Waals surface area contributed by atoms with Gasteiger partial charge in [0, 0.05) is 26.1 Å². The molecular formula is C36H42ClN3O7. The minimum absolute atomic E-state index is 0.102. The second-order valence-corrected chi connectivity index (χ2v) is 12.7. The molecule has 0 radical (unpaired) electrons. The van der Waals surface area contributed by atoms with Gasteiger partial charge in [-0.15, -0.1) is 13.2 Å². The van der Waals surface area contributed by atoms with Gasteiger partial charge in [0.15, 0.2) is 0 Å². The highest BCUT2D eigenvalue weighted by atomic mass is 35.5. The average Bonchev–Trinajstić information content (AvgIpc) is 3.71. The van der Waals surface area contributed by atoms with Crippen molar-refractivity contribution in [1.82, 2.24) is 10.2 Å². The number of carbonyl (C=O) groups excluding carboxylic acids is 4. The zero-order valence-corrected chi connectivity index (χ0v) is 27.3. The van der Waals surface area contributed by atoms with Gasteiger partial charge in [0.25, 0.3) is 5.91 Å². The normalized spacial score (nSPS) is 25.5. The Balaban J connectivity index is 1.47. The van der Waals surface area contributed by atoms with Gasteiger partial charge in [-0.25, -0.2) is 0 Å². The van der Waals surface area contributed by atoms with Crippen LogP contribution in [-0.2, 0) is 28.7 Å². The first kappa shape index (κ1) is 34.3. The highest BCUT2D eigenvalue weighted by Crippen LogP contribution is 2.59. The molecule has 7 atom stereocenters. The summed E-state index contributed by atoms with van der Waals surface area (Å²) in [7, 11) is 0. The number of benzene rings is 2. The van der Waals surface area contributed by atoms with E-state index in [1.807, 2.05) is 30.3 Å². The van der Waals surface area contributed by atoms with Crippen LogP contribution < -0.4 is 10.2 Å². The predicted molar refractivity (Wildman–Crippen MR) is 177 cm³/mol. The van der Waals surface area contributed by atoms with Crippen LogP contribution in [0, 0.1) is 11.8 Å². The topological polar surface area (TPSA) is 125 Å². The Labute approximate surface area is 280 Å². The average molecular weight is 664 g/mol. The lowest BCUT2D eigenvalue weighted by Gasteiger charge is -2.37. The van der Waals surface area contributed by atoms with Crippen LogP contribution in [0.3, 0.4) is 0 Å². The number of ether oxygens (including phenoxy) is 2. The molecule has 3 aliphatic rings. The minimum atomic E-state index is -1.27. The number of aliphatic hydroxyl groups excluding tert-OH is 1. The number of amides is 3. The summed E-state index contributed by atoms with van der Waals surface area (Å²) in [4.78, 5) is 58.6. The Bertz CT molecular complexity index is 1500. The Morgan fingerprint density at radius 1 is 1.17 bits per heavy atom. The molecule has 1 spiro atoms. The van der Waals surface area contributed by atoms with Crippen molar-refractivity contribution in [3.63, 3.8) is 0 Å². The molecule has 0 saturated carbocycles. The monoisotopic (exact) mass is 663 g/mol. The molecule has 47 heavy (non-hydrogen) atoms. The second kappa shape index (κ2) is 14.8. The van der Waals surface area contributed by atoms with Gasteiger partial charge in [-0.1, -0.05) is 66.2 Å². The van der Waals surface area contributed by atoms with Crippen LogP contribution in [0.25, 0.3) is 0 Å². The first-order valence-corrected chi connectivity index (χ1v) is 16.5. The molecule has 2 aromatic rings. The molecule has 3 amide bonds. The fraction of sp³-hybridized carbons (Fsp3) is 0.444. The highest BCUT2D eigenvalue weighted by Gasteiger charge is 2.75. The van der Waals surface area contributed by atoms with Crippen molar-refractivity contribution in [2.45, 2.75) is 68.9 Å². The first-order chi connectivity index (χ1) is 22.7. The van der Waals surface area contributed by atoms with E-state index in [1.165, 1.54) is 9.80 Å². The summed E-state index contributed by atoms with van der Waals surface area (Å²) in [6, 6.07) is 14.4. The van der Waals surface area contributed by atoms with Gasteiger partial charge in [-0.05, 0) is 50.3 Å². The number of nitrogens with zero attached hydrogens (tertiary/aromatic N) is 2. The summed E-state index contributed by atoms with van der Waals surface area (Å²) in [6.45, 7) is 9.30. The first-order valence-electron chi connectivity index (χ1n) is 16.1. The Morgan fingerprint density at radius 3 is 2.57 bits per heavy atom. The maximum atomic E-state index is 14.6. The number of likely N-dealkylation sites (tertiary alicyclic amines) is 1. The summed E-state index contributed by atoms with van der Waals surface area (Å²) < 4.78 is 12.8. The Morgan fingerprint density at radius 2 is 1.89 bits per heavy atom. The van der Waals surface area contributed by atoms with Crippen molar-refractivity contribution in [3.8, 4) is 0 Å². The molecule has 0 aliphatic carbocycles. The van der Waals surface area contributed by atoms with Crippen LogP contribution in [0.15, 0.2) is 79.9 Å². The van der Waals surface area contributed by atoms with E-state index in [-0.39, 0.29) is 44.4 Å². The number of nitrogens with one attached hydrogen (secondary N) is 1. The molecule has 3 fully saturated rings. The molecule has 10 nitrogen and oxygen atoms in total. The molecule has 0 unspecified atom stereocenters. The molecule has 250 valence electrons. The molecule has 3 saturated heterocycles. The van der Waals surface area contributed by atoms with Crippen molar-refractivity contribution in [1.29, 1.82) is 0 Å². The van der Waals surface area contributed by atoms with Crippen molar-refractivity contribution in [3.05, 3.63) is 90.5 Å². The number of rotatable bonds is 15. The van der Waals surface area contributed by atoms with Crippen LogP contribution >= 0.6 is 11.6 Å². The van der Waals surface area contributed by atoms with Crippen LogP contribution in [0.2, 0.25) is 5.02 Å². The van der Waals surface area contributed by atoms with E-state index in [2.05, 4.69) is 18.5 Å². The number of halogens is 1. The van der Waals surface area contributed by atoms with E-state index in [4.69, 9.17) is 21.1 Å². The van der Waals surface area contributed by atoms with Gasteiger partial charge in [0.2, 0.25) is 11.8 Å². The Hall–Kier alpha value is -3.99. The van der Waals surface area contributed by atoms with E-state index in [0.29, 0.717) is 35.5 Å². The van der Waals surface area contributed by atoms with E-state index in [0.717, 1.165) is 0 Å². The third kappa shape index (κ3) is 6.59.